The van der Waals surface area contributed by atoms with E-state index in [4.69, 9.17) is 0 Å². The molecule has 1 aliphatic carbocycles. The number of likely N-dealkylation sites (N-methyl/N-ethyl adjacent to an activating group) is 1. The summed E-state index contributed by atoms with van der Waals surface area (Å²) in [7, 11) is 0. The molecule has 0 N–H and O–H groups in total. The van der Waals surface area contributed by atoms with Crippen LogP contribution in [0, 0.1) is 17.8 Å². The van der Waals surface area contributed by atoms with E-state index in [1.165, 1.54) is 16.2 Å². The van der Waals surface area contributed by atoms with Crippen LogP contribution in [0.5, 0.6) is 0 Å². The molecule has 30 heavy (non-hydrogen) atoms. The molecular weight excluding hydrogens is 398 g/mol. The van der Waals surface area contributed by atoms with Gasteiger partial charge in [0.15, 0.2) is 5.13 Å². The number of thiazole rings is 1. The maximum atomic E-state index is 13.7. The first-order chi connectivity index (χ1) is 14.4. The zero-order chi connectivity index (χ0) is 21.4. The number of amides is 3. The van der Waals surface area contributed by atoms with Gasteiger partial charge in [-0.3, -0.25) is 24.2 Å². The van der Waals surface area contributed by atoms with E-state index < -0.39 is 6.04 Å². The van der Waals surface area contributed by atoms with E-state index in [2.05, 4.69) is 4.98 Å². The molecule has 3 unspecified atom stereocenters. The summed E-state index contributed by atoms with van der Waals surface area (Å²) in [6.45, 7) is 6.34. The number of carbonyl (C=O) groups is 3. The highest BCUT2D eigenvalue weighted by molar-refractivity contribution is 7.22. The lowest BCUT2D eigenvalue weighted by Crippen LogP contribution is -2.52. The van der Waals surface area contributed by atoms with Gasteiger partial charge in [-0.2, -0.15) is 0 Å². The van der Waals surface area contributed by atoms with Crippen molar-refractivity contribution >= 4 is 44.4 Å². The molecule has 1 saturated heterocycles. The summed E-state index contributed by atoms with van der Waals surface area (Å²) in [6.07, 6.45) is 5.53. The third kappa shape index (κ3) is 3.55. The normalized spacial score (nSPS) is 22.1. The second-order valence-corrected chi connectivity index (χ2v) is 9.40. The average Bonchev–Trinajstić information content (AvgIpc) is 3.26. The van der Waals surface area contributed by atoms with Crippen molar-refractivity contribution in [1.29, 1.82) is 0 Å². The van der Waals surface area contributed by atoms with E-state index >= 15 is 0 Å². The zero-order valence-corrected chi connectivity index (χ0v) is 18.4. The van der Waals surface area contributed by atoms with Crippen molar-refractivity contribution in [3.8, 4) is 0 Å². The highest BCUT2D eigenvalue weighted by Gasteiger charge is 2.51. The number of allylic oxidation sites excluding steroid dienone is 2. The SMILES string of the molecule is CCN(C(=O)C(CC(C)C)N1C(=O)C2CC=CCC2C1=O)c1nc2ccccc2s1. The monoisotopic (exact) mass is 425 g/mol. The number of anilines is 1. The highest BCUT2D eigenvalue weighted by atomic mass is 32.1. The molecule has 0 radical (unpaired) electrons. The predicted molar refractivity (Wildman–Crippen MR) is 118 cm³/mol. The molecule has 3 amide bonds. The molecule has 2 heterocycles. The van der Waals surface area contributed by atoms with Crippen LogP contribution in [0.15, 0.2) is 36.4 Å². The Hall–Kier alpha value is -2.54. The first kappa shape index (κ1) is 20.7. The molecule has 6 nitrogen and oxygen atoms in total. The number of likely N-dealkylation sites (tertiary alicyclic amines) is 1. The summed E-state index contributed by atoms with van der Waals surface area (Å²) < 4.78 is 1.00. The first-order valence-corrected chi connectivity index (χ1v) is 11.4. The number of para-hydroxylation sites is 1. The number of imide groups is 1. The molecule has 1 aromatic carbocycles. The van der Waals surface area contributed by atoms with E-state index in [9.17, 15) is 14.4 Å². The number of benzene rings is 1. The van der Waals surface area contributed by atoms with Crippen LogP contribution in [-0.2, 0) is 14.4 Å². The smallest absolute Gasteiger partial charge is 0.252 e. The molecule has 3 atom stereocenters. The maximum absolute atomic E-state index is 13.7. The van der Waals surface area contributed by atoms with Crippen molar-refractivity contribution in [2.75, 3.05) is 11.4 Å². The summed E-state index contributed by atoms with van der Waals surface area (Å²) in [5, 5.41) is 0.607. The summed E-state index contributed by atoms with van der Waals surface area (Å²) >= 11 is 1.45. The Labute approximate surface area is 180 Å². The molecule has 0 spiro atoms. The van der Waals surface area contributed by atoms with E-state index in [0.29, 0.717) is 30.9 Å². The lowest BCUT2D eigenvalue weighted by atomic mass is 9.85. The van der Waals surface area contributed by atoms with E-state index in [1.54, 1.807) is 4.90 Å². The van der Waals surface area contributed by atoms with Crippen LogP contribution >= 0.6 is 11.3 Å². The van der Waals surface area contributed by atoms with Crippen molar-refractivity contribution in [3.05, 3.63) is 36.4 Å². The van der Waals surface area contributed by atoms with Crippen LogP contribution in [0.4, 0.5) is 5.13 Å². The number of nitrogens with zero attached hydrogens (tertiary/aromatic N) is 3. The lowest BCUT2D eigenvalue weighted by Gasteiger charge is -2.31. The first-order valence-electron chi connectivity index (χ1n) is 10.6. The Balaban J connectivity index is 1.68. The average molecular weight is 426 g/mol. The standard InChI is InChI=1S/C23H27N3O3S/c1-4-25(23-24-17-11-7-8-12-19(17)30-23)22(29)18(13-14(2)3)26-20(27)15-9-5-6-10-16(15)21(26)28/h5-8,11-12,14-16,18H,4,9-10,13H2,1-3H3. The van der Waals surface area contributed by atoms with Crippen LogP contribution in [0.25, 0.3) is 10.2 Å². The molecule has 1 aliphatic heterocycles. The predicted octanol–water partition coefficient (Wildman–Crippen LogP) is 4.02. The molecule has 1 fully saturated rings. The number of rotatable bonds is 6. The minimum Gasteiger partial charge on any atom is -0.287 e. The fraction of sp³-hybridized carbons (Fsp3) is 0.478. The number of aromatic nitrogens is 1. The third-order valence-electron chi connectivity index (χ3n) is 5.93. The van der Waals surface area contributed by atoms with Crippen LogP contribution in [0.2, 0.25) is 0 Å². The van der Waals surface area contributed by atoms with Gasteiger partial charge < -0.3 is 0 Å². The topological polar surface area (TPSA) is 70.6 Å². The number of hydrogen-bond acceptors (Lipinski definition) is 5. The van der Waals surface area contributed by atoms with Crippen molar-refractivity contribution in [2.45, 2.75) is 46.1 Å². The number of carbonyl (C=O) groups excluding carboxylic acids is 3. The third-order valence-corrected chi connectivity index (χ3v) is 6.99. The molecule has 2 aliphatic rings. The van der Waals surface area contributed by atoms with Gasteiger partial charge in [0.25, 0.3) is 5.91 Å². The summed E-state index contributed by atoms with van der Waals surface area (Å²) in [5.41, 5.74) is 0.842. The van der Waals surface area contributed by atoms with E-state index in [-0.39, 0.29) is 35.5 Å². The van der Waals surface area contributed by atoms with Crippen LogP contribution in [-0.4, -0.2) is 40.2 Å². The van der Waals surface area contributed by atoms with Gasteiger partial charge in [-0.05, 0) is 44.2 Å². The van der Waals surface area contributed by atoms with Crippen LogP contribution in [0.1, 0.15) is 40.0 Å². The van der Waals surface area contributed by atoms with Gasteiger partial charge in [0.05, 0.1) is 22.1 Å². The van der Waals surface area contributed by atoms with Crippen molar-refractivity contribution in [3.63, 3.8) is 0 Å². The minimum absolute atomic E-state index is 0.161. The molecule has 4 rings (SSSR count). The fourth-order valence-corrected chi connectivity index (χ4v) is 5.47. The second kappa shape index (κ2) is 8.30. The zero-order valence-electron chi connectivity index (χ0n) is 17.6. The Bertz CT molecular complexity index is 953. The number of hydrogen-bond donors (Lipinski definition) is 0. The Kier molecular flexibility index (Phi) is 5.73. The van der Waals surface area contributed by atoms with E-state index in [1.807, 2.05) is 57.2 Å². The van der Waals surface area contributed by atoms with Crippen molar-refractivity contribution in [1.82, 2.24) is 9.88 Å². The quantitative estimate of drug-likeness (QED) is 0.518. The summed E-state index contributed by atoms with van der Waals surface area (Å²) in [5.74, 6) is -1.12. The Morgan fingerprint density at radius 2 is 1.80 bits per heavy atom. The molecule has 0 saturated carbocycles. The molecule has 1 aromatic heterocycles. The summed E-state index contributed by atoms with van der Waals surface area (Å²) in [4.78, 5) is 47.5. The van der Waals surface area contributed by atoms with Crippen LogP contribution < -0.4 is 4.90 Å². The fourth-order valence-electron chi connectivity index (χ4n) is 4.44. The van der Waals surface area contributed by atoms with Gasteiger partial charge in [-0.1, -0.05) is 49.5 Å². The Morgan fingerprint density at radius 1 is 1.17 bits per heavy atom. The van der Waals surface area contributed by atoms with Crippen molar-refractivity contribution in [2.24, 2.45) is 17.8 Å². The highest BCUT2D eigenvalue weighted by Crippen LogP contribution is 2.38. The molecular formula is C23H27N3O3S. The molecule has 158 valence electrons. The van der Waals surface area contributed by atoms with Gasteiger partial charge in [0.2, 0.25) is 11.8 Å². The Morgan fingerprint density at radius 3 is 2.37 bits per heavy atom. The maximum Gasteiger partial charge on any atom is 0.252 e. The van der Waals surface area contributed by atoms with Gasteiger partial charge in [0, 0.05) is 6.54 Å². The van der Waals surface area contributed by atoms with Gasteiger partial charge in [0.1, 0.15) is 6.04 Å². The molecule has 7 heteroatoms. The van der Waals surface area contributed by atoms with Crippen molar-refractivity contribution < 1.29 is 14.4 Å². The summed E-state index contributed by atoms with van der Waals surface area (Å²) in [6, 6.07) is 6.97. The second-order valence-electron chi connectivity index (χ2n) is 8.39. The number of fused-ring (bicyclic) bond motifs is 2. The lowest BCUT2D eigenvalue weighted by molar-refractivity contribution is -0.147. The largest absolute Gasteiger partial charge is 0.287 e. The van der Waals surface area contributed by atoms with Crippen LogP contribution in [0.3, 0.4) is 0 Å². The van der Waals surface area contributed by atoms with Gasteiger partial charge >= 0.3 is 0 Å². The van der Waals surface area contributed by atoms with Gasteiger partial charge in [-0.15, -0.1) is 0 Å². The van der Waals surface area contributed by atoms with Gasteiger partial charge in [-0.25, -0.2) is 4.98 Å². The molecule has 0 bridgehead atoms. The minimum atomic E-state index is -0.789. The van der Waals surface area contributed by atoms with E-state index in [0.717, 1.165) is 10.2 Å². The molecule has 2 aromatic rings.